The second-order valence-corrected chi connectivity index (χ2v) is 5.01. The number of benzene rings is 1. The second kappa shape index (κ2) is 6.23. The van der Waals surface area contributed by atoms with Crippen LogP contribution in [0.1, 0.15) is 17.1 Å². The van der Waals surface area contributed by atoms with Crippen LogP contribution in [0.3, 0.4) is 0 Å². The molecular formula is C15H20N4O. The summed E-state index contributed by atoms with van der Waals surface area (Å²) in [5.74, 6) is 1.03. The molecular weight excluding hydrogens is 252 g/mol. The molecule has 0 atom stereocenters. The first kappa shape index (κ1) is 14.1. The van der Waals surface area contributed by atoms with E-state index < -0.39 is 0 Å². The molecule has 0 unspecified atom stereocenters. The number of aryl methyl sites for hydroxylation is 1. The maximum Gasteiger partial charge on any atom is 0.226 e. The largest absolute Gasteiger partial charge is 0.379 e. The predicted molar refractivity (Wildman–Crippen MR) is 79.5 cm³/mol. The zero-order chi connectivity index (χ0) is 14.5. The Kier molecular flexibility index (Phi) is 4.40. The van der Waals surface area contributed by atoms with Crippen molar-refractivity contribution in [2.45, 2.75) is 19.9 Å². The number of likely N-dealkylation sites (N-methyl/N-ethyl adjacent to an activating group) is 1. The smallest absolute Gasteiger partial charge is 0.226 e. The van der Waals surface area contributed by atoms with Crippen molar-refractivity contribution in [1.29, 1.82) is 0 Å². The fraction of sp³-hybridized carbons (Fsp3) is 0.333. The topological polar surface area (TPSA) is 61.0 Å². The van der Waals surface area contributed by atoms with Gasteiger partial charge in [-0.25, -0.2) is 4.98 Å². The average Bonchev–Trinajstić information content (AvgIpc) is 2.83. The quantitative estimate of drug-likeness (QED) is 0.874. The van der Waals surface area contributed by atoms with Crippen molar-refractivity contribution in [3.63, 3.8) is 0 Å². The van der Waals surface area contributed by atoms with Crippen LogP contribution in [0.5, 0.6) is 0 Å². The lowest BCUT2D eigenvalue weighted by molar-refractivity contribution is -0.127. The molecule has 20 heavy (non-hydrogen) atoms. The highest BCUT2D eigenvalue weighted by atomic mass is 16.2. The predicted octanol–water partition coefficient (Wildman–Crippen LogP) is 1.96. The minimum atomic E-state index is 0.110. The van der Waals surface area contributed by atoms with Gasteiger partial charge in [0.05, 0.1) is 24.9 Å². The summed E-state index contributed by atoms with van der Waals surface area (Å²) in [4.78, 5) is 20.5. The molecule has 2 aromatic rings. The summed E-state index contributed by atoms with van der Waals surface area (Å²) in [7, 11) is 3.54. The summed E-state index contributed by atoms with van der Waals surface area (Å²) in [6.07, 6.45) is 2.26. The Hall–Kier alpha value is -2.30. The fourth-order valence-corrected chi connectivity index (χ4v) is 1.83. The van der Waals surface area contributed by atoms with Gasteiger partial charge in [0, 0.05) is 19.8 Å². The number of rotatable bonds is 5. The van der Waals surface area contributed by atoms with E-state index in [2.05, 4.69) is 15.3 Å². The van der Waals surface area contributed by atoms with Gasteiger partial charge in [-0.3, -0.25) is 4.79 Å². The zero-order valence-corrected chi connectivity index (χ0v) is 12.1. The lowest BCUT2D eigenvalue weighted by atomic mass is 10.1. The number of amides is 1. The van der Waals surface area contributed by atoms with Gasteiger partial charge in [-0.05, 0) is 24.6 Å². The van der Waals surface area contributed by atoms with E-state index in [-0.39, 0.29) is 5.91 Å². The fourth-order valence-electron chi connectivity index (χ4n) is 1.83. The summed E-state index contributed by atoms with van der Waals surface area (Å²) in [5, 5.41) is 3.31. The molecule has 2 N–H and O–H groups in total. The molecule has 1 heterocycles. The van der Waals surface area contributed by atoms with E-state index in [1.165, 1.54) is 0 Å². The molecule has 0 aliphatic carbocycles. The Morgan fingerprint density at radius 2 is 2.00 bits per heavy atom. The number of hydrogen-bond acceptors (Lipinski definition) is 3. The molecule has 1 aromatic heterocycles. The van der Waals surface area contributed by atoms with Crippen molar-refractivity contribution >= 4 is 11.6 Å². The van der Waals surface area contributed by atoms with E-state index in [4.69, 9.17) is 0 Å². The van der Waals surface area contributed by atoms with Crippen LogP contribution in [0.2, 0.25) is 0 Å². The number of aromatic amines is 1. The van der Waals surface area contributed by atoms with Crippen LogP contribution in [0.25, 0.3) is 0 Å². The number of anilines is 1. The highest BCUT2D eigenvalue weighted by molar-refractivity contribution is 5.78. The third-order valence-electron chi connectivity index (χ3n) is 3.05. The van der Waals surface area contributed by atoms with Gasteiger partial charge < -0.3 is 15.2 Å². The van der Waals surface area contributed by atoms with E-state index in [1.54, 1.807) is 19.0 Å². The Balaban J connectivity index is 1.89. The molecule has 0 spiro atoms. The minimum Gasteiger partial charge on any atom is -0.379 e. The SMILES string of the molecule is Cc1ncc(CNc2ccc(CC(=O)N(C)C)cc2)[nH]1. The molecule has 0 fully saturated rings. The maximum absolute atomic E-state index is 11.6. The molecule has 1 amide bonds. The molecule has 5 heteroatoms. The molecule has 2 rings (SSSR count). The molecule has 0 saturated carbocycles. The third-order valence-corrected chi connectivity index (χ3v) is 3.05. The molecule has 0 saturated heterocycles. The normalized spacial score (nSPS) is 10.3. The summed E-state index contributed by atoms with van der Waals surface area (Å²) < 4.78 is 0. The van der Waals surface area contributed by atoms with Crippen LogP contribution >= 0.6 is 0 Å². The number of carbonyl (C=O) groups excluding carboxylic acids is 1. The van der Waals surface area contributed by atoms with Crippen molar-refractivity contribution in [1.82, 2.24) is 14.9 Å². The third kappa shape index (κ3) is 3.85. The van der Waals surface area contributed by atoms with E-state index in [1.807, 2.05) is 37.4 Å². The highest BCUT2D eigenvalue weighted by Crippen LogP contribution is 2.11. The van der Waals surface area contributed by atoms with Crippen molar-refractivity contribution in [2.24, 2.45) is 0 Å². The maximum atomic E-state index is 11.6. The number of imidazole rings is 1. The van der Waals surface area contributed by atoms with Crippen LogP contribution in [-0.4, -0.2) is 34.9 Å². The molecule has 5 nitrogen and oxygen atoms in total. The van der Waals surface area contributed by atoms with Gasteiger partial charge in [0.25, 0.3) is 0 Å². The van der Waals surface area contributed by atoms with E-state index >= 15 is 0 Å². The first-order valence-electron chi connectivity index (χ1n) is 6.58. The van der Waals surface area contributed by atoms with Crippen LogP contribution < -0.4 is 5.32 Å². The Morgan fingerprint density at radius 3 is 2.55 bits per heavy atom. The molecule has 1 aromatic carbocycles. The lowest BCUT2D eigenvalue weighted by Gasteiger charge is -2.10. The van der Waals surface area contributed by atoms with Crippen LogP contribution in [-0.2, 0) is 17.8 Å². The Bertz CT molecular complexity index is 572. The van der Waals surface area contributed by atoms with Crippen LogP contribution in [0.15, 0.2) is 30.5 Å². The number of nitrogens with zero attached hydrogens (tertiary/aromatic N) is 2. The van der Waals surface area contributed by atoms with Crippen molar-refractivity contribution in [2.75, 3.05) is 19.4 Å². The molecule has 0 bridgehead atoms. The first-order chi connectivity index (χ1) is 9.54. The zero-order valence-electron chi connectivity index (χ0n) is 12.1. The van der Waals surface area contributed by atoms with E-state index in [0.717, 1.165) is 22.8 Å². The molecule has 106 valence electrons. The number of aromatic nitrogens is 2. The van der Waals surface area contributed by atoms with Gasteiger partial charge in [0.1, 0.15) is 5.82 Å². The number of H-pyrrole nitrogens is 1. The van der Waals surface area contributed by atoms with Gasteiger partial charge in [-0.2, -0.15) is 0 Å². The number of carbonyl (C=O) groups is 1. The van der Waals surface area contributed by atoms with Crippen molar-refractivity contribution in [3.8, 4) is 0 Å². The summed E-state index contributed by atoms with van der Waals surface area (Å²) in [6, 6.07) is 7.92. The van der Waals surface area contributed by atoms with Gasteiger partial charge in [-0.15, -0.1) is 0 Å². The highest BCUT2D eigenvalue weighted by Gasteiger charge is 2.05. The lowest BCUT2D eigenvalue weighted by Crippen LogP contribution is -2.23. The van der Waals surface area contributed by atoms with Crippen LogP contribution in [0, 0.1) is 6.92 Å². The first-order valence-corrected chi connectivity index (χ1v) is 6.58. The van der Waals surface area contributed by atoms with Gasteiger partial charge in [0.15, 0.2) is 0 Å². The number of hydrogen-bond donors (Lipinski definition) is 2. The van der Waals surface area contributed by atoms with Crippen molar-refractivity contribution in [3.05, 3.63) is 47.5 Å². The average molecular weight is 272 g/mol. The van der Waals surface area contributed by atoms with E-state index in [0.29, 0.717) is 13.0 Å². The standard InChI is InChI=1S/C15H20N4O/c1-11-16-9-14(18-11)10-17-13-6-4-12(5-7-13)8-15(20)19(2)3/h4-7,9,17H,8,10H2,1-3H3,(H,16,18). The number of nitrogens with one attached hydrogen (secondary N) is 2. The molecule has 0 aliphatic heterocycles. The molecule has 0 radical (unpaired) electrons. The van der Waals surface area contributed by atoms with E-state index in [9.17, 15) is 4.79 Å². The van der Waals surface area contributed by atoms with Crippen molar-refractivity contribution < 1.29 is 4.79 Å². The summed E-state index contributed by atoms with van der Waals surface area (Å²) >= 11 is 0. The monoisotopic (exact) mass is 272 g/mol. The molecule has 0 aliphatic rings. The Morgan fingerprint density at radius 1 is 1.30 bits per heavy atom. The second-order valence-electron chi connectivity index (χ2n) is 5.01. The van der Waals surface area contributed by atoms with Crippen LogP contribution in [0.4, 0.5) is 5.69 Å². The van der Waals surface area contributed by atoms with Gasteiger partial charge in [0.2, 0.25) is 5.91 Å². The minimum absolute atomic E-state index is 0.110. The summed E-state index contributed by atoms with van der Waals surface area (Å²) in [6.45, 7) is 2.64. The van der Waals surface area contributed by atoms with Gasteiger partial charge >= 0.3 is 0 Å². The Labute approximate surface area is 119 Å². The summed E-state index contributed by atoms with van der Waals surface area (Å²) in [5.41, 5.74) is 3.10. The van der Waals surface area contributed by atoms with Gasteiger partial charge in [-0.1, -0.05) is 12.1 Å².